The van der Waals surface area contributed by atoms with Crippen molar-refractivity contribution in [3.05, 3.63) is 60.0 Å². The highest BCUT2D eigenvalue weighted by molar-refractivity contribution is 9.10. The maximum absolute atomic E-state index is 13.4. The second-order valence-electron chi connectivity index (χ2n) is 8.25. The van der Waals surface area contributed by atoms with E-state index >= 15 is 0 Å². The molecule has 8 nitrogen and oxygen atoms in total. The van der Waals surface area contributed by atoms with Crippen molar-refractivity contribution in [2.75, 3.05) is 13.7 Å². The number of hydrogen-bond acceptors (Lipinski definition) is 7. The number of methoxy groups -OCH3 is 1. The molecule has 0 amide bonds. The van der Waals surface area contributed by atoms with Gasteiger partial charge in [0.1, 0.15) is 10.8 Å². The number of fused-ring (bicyclic) bond motifs is 1. The van der Waals surface area contributed by atoms with Crippen LogP contribution in [0.5, 0.6) is 11.5 Å². The van der Waals surface area contributed by atoms with Crippen LogP contribution in [0.2, 0.25) is 5.02 Å². The summed E-state index contributed by atoms with van der Waals surface area (Å²) in [5.74, 6) is 0.477. The molecule has 3 aromatic rings. The first-order valence-corrected chi connectivity index (χ1v) is 13.2. The number of hydrogen-bond donors (Lipinski definition) is 0. The Labute approximate surface area is 230 Å². The molecule has 2 aromatic carbocycles. The molecular weight excluding hydrogens is 618 g/mol. The van der Waals surface area contributed by atoms with Gasteiger partial charge in [-0.15, -0.1) is 0 Å². The summed E-state index contributed by atoms with van der Waals surface area (Å²) in [6.07, 6.45) is 2.00. The van der Waals surface area contributed by atoms with Gasteiger partial charge < -0.3 is 14.2 Å². The Kier molecular flexibility index (Phi) is 9.54. The average Bonchev–Trinajstić information content (AvgIpc) is 2.84. The van der Waals surface area contributed by atoms with Gasteiger partial charge in [0.25, 0.3) is 5.56 Å². The molecule has 0 aliphatic heterocycles. The van der Waals surface area contributed by atoms with Crippen LogP contribution in [-0.2, 0) is 9.53 Å². The van der Waals surface area contributed by atoms with Crippen LogP contribution in [0, 0.1) is 0 Å². The van der Waals surface area contributed by atoms with Gasteiger partial charge in [-0.1, -0.05) is 41.4 Å². The molecule has 0 aliphatic rings. The monoisotopic (exact) mass is 641 g/mol. The lowest BCUT2D eigenvalue weighted by atomic mass is 10.1. The van der Waals surface area contributed by atoms with Gasteiger partial charge in [-0.2, -0.15) is 9.78 Å². The fourth-order valence-electron chi connectivity index (χ4n) is 3.31. The van der Waals surface area contributed by atoms with Gasteiger partial charge in [0.05, 0.1) is 30.3 Å². The van der Waals surface area contributed by atoms with E-state index in [2.05, 4.69) is 37.0 Å². The first kappa shape index (κ1) is 28.1. The van der Waals surface area contributed by atoms with E-state index in [0.717, 1.165) is 10.9 Å². The molecule has 1 atom stereocenters. The first-order valence-electron chi connectivity index (χ1n) is 11.2. The second kappa shape index (κ2) is 12.2. The molecular formula is C25H26Br2ClN3O5. The van der Waals surface area contributed by atoms with Crippen molar-refractivity contribution in [1.82, 2.24) is 9.66 Å². The normalized spacial score (nSPS) is 12.4. The van der Waals surface area contributed by atoms with Gasteiger partial charge in [-0.25, -0.2) is 9.78 Å². The van der Waals surface area contributed by atoms with E-state index in [1.54, 1.807) is 32.0 Å². The summed E-state index contributed by atoms with van der Waals surface area (Å²) in [6, 6.07) is 7.02. The minimum Gasteiger partial charge on any atom is -0.493 e. The number of carbonyl (C=O) groups is 1. The average molecular weight is 644 g/mol. The summed E-state index contributed by atoms with van der Waals surface area (Å²) >= 11 is 13.4. The molecule has 0 spiro atoms. The number of esters is 1. The summed E-state index contributed by atoms with van der Waals surface area (Å²) in [5.41, 5.74) is 0.851. The first-order chi connectivity index (χ1) is 17.1. The molecule has 0 saturated carbocycles. The SMILES string of the molecule is CC[C@H](C)c1nc2ccc(Br)cc2c(=O)n1N=Cc1cc(OC)c(OCC(=O)OC(C)C)c(Cl)c1Br. The van der Waals surface area contributed by atoms with Crippen molar-refractivity contribution < 1.29 is 19.0 Å². The van der Waals surface area contributed by atoms with Crippen molar-refractivity contribution >= 4 is 66.5 Å². The molecule has 0 fully saturated rings. The van der Waals surface area contributed by atoms with Gasteiger partial charge in [0.15, 0.2) is 18.1 Å². The fraction of sp³-hybridized carbons (Fsp3) is 0.360. The molecule has 3 rings (SSSR count). The Morgan fingerprint density at radius 2 is 1.97 bits per heavy atom. The van der Waals surface area contributed by atoms with E-state index in [9.17, 15) is 9.59 Å². The van der Waals surface area contributed by atoms with Crippen LogP contribution in [0.3, 0.4) is 0 Å². The third kappa shape index (κ3) is 6.27. The number of benzene rings is 2. The van der Waals surface area contributed by atoms with Crippen LogP contribution in [0.25, 0.3) is 10.9 Å². The second-order valence-corrected chi connectivity index (χ2v) is 10.3. The lowest BCUT2D eigenvalue weighted by molar-refractivity contribution is -0.149. The maximum Gasteiger partial charge on any atom is 0.344 e. The zero-order valence-electron chi connectivity index (χ0n) is 20.5. The van der Waals surface area contributed by atoms with Gasteiger partial charge in [0, 0.05) is 20.4 Å². The molecule has 1 aromatic heterocycles. The number of nitrogens with zero attached hydrogens (tertiary/aromatic N) is 3. The maximum atomic E-state index is 13.4. The van der Waals surface area contributed by atoms with Crippen molar-refractivity contribution in [3.8, 4) is 11.5 Å². The fourth-order valence-corrected chi connectivity index (χ4v) is 4.33. The molecule has 1 heterocycles. The number of aromatic nitrogens is 2. The van der Waals surface area contributed by atoms with Crippen molar-refractivity contribution in [3.63, 3.8) is 0 Å². The Hall–Kier alpha value is -2.43. The molecule has 0 N–H and O–H groups in total. The summed E-state index contributed by atoms with van der Waals surface area (Å²) in [5, 5.41) is 5.11. The van der Waals surface area contributed by atoms with Crippen LogP contribution >= 0.6 is 43.5 Å². The summed E-state index contributed by atoms with van der Waals surface area (Å²) < 4.78 is 18.6. The summed E-state index contributed by atoms with van der Waals surface area (Å²) in [6.45, 7) is 7.18. The number of carbonyl (C=O) groups excluding carboxylic acids is 1. The number of rotatable bonds is 9. The lowest BCUT2D eigenvalue weighted by Gasteiger charge is -2.16. The van der Waals surface area contributed by atoms with Crippen LogP contribution in [-0.4, -0.2) is 41.7 Å². The summed E-state index contributed by atoms with van der Waals surface area (Å²) in [4.78, 5) is 30.0. The van der Waals surface area contributed by atoms with Crippen LogP contribution in [0.15, 0.2) is 43.1 Å². The van der Waals surface area contributed by atoms with E-state index in [0.29, 0.717) is 26.8 Å². The Bertz CT molecular complexity index is 1370. The third-order valence-electron chi connectivity index (χ3n) is 5.28. The highest BCUT2D eigenvalue weighted by atomic mass is 79.9. The van der Waals surface area contributed by atoms with Gasteiger partial charge in [-0.3, -0.25) is 4.79 Å². The highest BCUT2D eigenvalue weighted by Crippen LogP contribution is 2.42. The minimum absolute atomic E-state index is 0.00849. The highest BCUT2D eigenvalue weighted by Gasteiger charge is 2.20. The van der Waals surface area contributed by atoms with Crippen LogP contribution in [0.4, 0.5) is 0 Å². The predicted molar refractivity (Wildman–Crippen MR) is 148 cm³/mol. The van der Waals surface area contributed by atoms with E-state index in [1.807, 2.05) is 19.9 Å². The smallest absolute Gasteiger partial charge is 0.344 e. The molecule has 0 radical (unpaired) electrons. The molecule has 0 bridgehead atoms. The van der Waals surface area contributed by atoms with Crippen molar-refractivity contribution in [1.29, 1.82) is 0 Å². The van der Waals surface area contributed by atoms with E-state index in [1.165, 1.54) is 18.0 Å². The lowest BCUT2D eigenvalue weighted by Crippen LogP contribution is -2.23. The van der Waals surface area contributed by atoms with Gasteiger partial charge in [-0.05, 0) is 60.5 Å². The van der Waals surface area contributed by atoms with Crippen molar-refractivity contribution in [2.45, 2.75) is 46.1 Å². The standard InChI is InChI=1S/C25H26Br2ClN3O5/c1-6-14(4)24-30-18-8-7-16(26)10-17(18)25(33)31(24)29-11-15-9-19(34-5)23(22(28)21(15)27)35-12-20(32)36-13(2)3/h7-11,13-14H,6,12H2,1-5H3/t14-/m0/s1. The van der Waals surface area contributed by atoms with Gasteiger partial charge >= 0.3 is 5.97 Å². The predicted octanol–water partition coefficient (Wildman–Crippen LogP) is 6.31. The number of halogens is 3. The minimum atomic E-state index is -0.530. The Balaban J connectivity index is 2.05. The summed E-state index contributed by atoms with van der Waals surface area (Å²) in [7, 11) is 1.45. The van der Waals surface area contributed by atoms with Gasteiger partial charge in [0.2, 0.25) is 0 Å². The van der Waals surface area contributed by atoms with E-state index < -0.39 is 5.97 Å². The Morgan fingerprint density at radius 3 is 2.61 bits per heavy atom. The topological polar surface area (TPSA) is 92.0 Å². The van der Waals surface area contributed by atoms with E-state index in [-0.39, 0.29) is 40.7 Å². The quantitative estimate of drug-likeness (QED) is 0.201. The molecule has 0 aliphatic carbocycles. The zero-order valence-corrected chi connectivity index (χ0v) is 24.4. The number of ether oxygens (including phenoxy) is 3. The third-order valence-corrected chi connectivity index (χ3v) is 7.21. The molecule has 11 heteroatoms. The zero-order chi connectivity index (χ0) is 26.6. The molecule has 0 saturated heterocycles. The Morgan fingerprint density at radius 1 is 1.25 bits per heavy atom. The van der Waals surface area contributed by atoms with Crippen LogP contribution < -0.4 is 15.0 Å². The largest absolute Gasteiger partial charge is 0.493 e. The van der Waals surface area contributed by atoms with Crippen molar-refractivity contribution in [2.24, 2.45) is 5.10 Å². The molecule has 192 valence electrons. The van der Waals surface area contributed by atoms with E-state index in [4.69, 9.17) is 30.8 Å². The molecule has 0 unspecified atom stereocenters. The molecule has 36 heavy (non-hydrogen) atoms. The van der Waals surface area contributed by atoms with Crippen LogP contribution in [0.1, 0.15) is 51.4 Å².